The molecule has 1 N–H and O–H groups in total. The number of aliphatic hydroxyl groups is 1. The van der Waals surface area contributed by atoms with Gasteiger partial charge in [0.2, 0.25) is 0 Å². The molecule has 0 spiro atoms. The highest BCUT2D eigenvalue weighted by Crippen LogP contribution is 2.35. The minimum atomic E-state index is -0.417. The lowest BCUT2D eigenvalue weighted by Crippen LogP contribution is -2.26. The predicted molar refractivity (Wildman–Crippen MR) is 80.3 cm³/mol. The quantitative estimate of drug-likeness (QED) is 0.517. The van der Waals surface area contributed by atoms with Crippen LogP contribution in [0.2, 0.25) is 0 Å². The van der Waals surface area contributed by atoms with Crippen molar-refractivity contribution in [3.05, 3.63) is 65.6 Å². The molecule has 1 heterocycles. The van der Waals surface area contributed by atoms with Gasteiger partial charge in [-0.15, -0.1) is 0 Å². The molecule has 2 rings (SSSR count). The van der Waals surface area contributed by atoms with Crippen LogP contribution in [0.5, 0.6) is 0 Å². The van der Waals surface area contributed by atoms with Crippen LogP contribution in [0.1, 0.15) is 16.8 Å². The van der Waals surface area contributed by atoms with E-state index in [1.54, 1.807) is 12.1 Å². The Morgan fingerprint density at radius 2 is 2.15 bits per heavy atom. The van der Waals surface area contributed by atoms with E-state index in [4.69, 9.17) is 5.11 Å². The SMILES string of the molecule is C=C(O)/C=C\C(=C)SN1CCC(=O)c2cc(F)ccc21. The third-order valence-electron chi connectivity index (χ3n) is 2.76. The number of ketones is 1. The van der Waals surface area contributed by atoms with Gasteiger partial charge in [-0.3, -0.25) is 4.79 Å². The first-order chi connectivity index (χ1) is 9.47. The van der Waals surface area contributed by atoms with Crippen LogP contribution in [0.25, 0.3) is 0 Å². The number of rotatable bonds is 4. The number of halogens is 1. The first kappa shape index (κ1) is 14.4. The van der Waals surface area contributed by atoms with E-state index in [1.165, 1.54) is 30.2 Å². The van der Waals surface area contributed by atoms with Gasteiger partial charge < -0.3 is 9.41 Å². The number of Topliss-reactive ketones (excluding diaryl/α,β-unsaturated/α-hetero) is 1. The second-order valence-electron chi connectivity index (χ2n) is 4.32. The average molecular weight is 291 g/mol. The van der Waals surface area contributed by atoms with Gasteiger partial charge in [0.15, 0.2) is 5.78 Å². The fraction of sp³-hybridized carbons (Fsp3) is 0.133. The summed E-state index contributed by atoms with van der Waals surface area (Å²) >= 11 is 1.34. The molecular formula is C15H14FNO2S. The molecule has 0 radical (unpaired) electrons. The molecule has 104 valence electrons. The van der Waals surface area contributed by atoms with Gasteiger partial charge in [0, 0.05) is 23.4 Å². The molecule has 0 unspecified atom stereocenters. The second-order valence-corrected chi connectivity index (χ2v) is 5.47. The van der Waals surface area contributed by atoms with Crippen molar-refractivity contribution >= 4 is 23.4 Å². The number of nitrogens with zero attached hydrogens (tertiary/aromatic N) is 1. The Kier molecular flexibility index (Phi) is 4.29. The van der Waals surface area contributed by atoms with E-state index in [1.807, 2.05) is 4.31 Å². The van der Waals surface area contributed by atoms with Gasteiger partial charge in [0.05, 0.1) is 5.69 Å². The van der Waals surface area contributed by atoms with E-state index in [0.717, 1.165) is 0 Å². The standard InChI is InChI=1S/C15H14FNO2S/c1-10(18)3-4-11(2)20-17-8-7-15(19)13-9-12(16)5-6-14(13)17/h3-6,9,18H,1-2,7-8H2/b4-3-. The van der Waals surface area contributed by atoms with Crippen molar-refractivity contribution in [2.45, 2.75) is 6.42 Å². The molecule has 0 saturated heterocycles. The number of aliphatic hydroxyl groups excluding tert-OH is 1. The summed E-state index contributed by atoms with van der Waals surface area (Å²) in [7, 11) is 0. The Hall–Kier alpha value is -2.01. The third kappa shape index (κ3) is 3.30. The molecule has 0 aromatic heterocycles. The first-order valence-corrected chi connectivity index (χ1v) is 6.78. The maximum absolute atomic E-state index is 13.2. The van der Waals surface area contributed by atoms with E-state index in [-0.39, 0.29) is 11.5 Å². The molecule has 5 heteroatoms. The number of hydrogen-bond acceptors (Lipinski definition) is 4. The third-order valence-corrected chi connectivity index (χ3v) is 3.73. The van der Waals surface area contributed by atoms with Gasteiger partial charge in [-0.1, -0.05) is 13.2 Å². The summed E-state index contributed by atoms with van der Waals surface area (Å²) in [5, 5.41) is 9.00. The number of carbonyl (C=O) groups excluding carboxylic acids is 1. The Morgan fingerprint density at radius 1 is 1.40 bits per heavy atom. The number of anilines is 1. The van der Waals surface area contributed by atoms with Gasteiger partial charge in [0.25, 0.3) is 0 Å². The Labute approximate surface area is 121 Å². The van der Waals surface area contributed by atoms with E-state index in [2.05, 4.69) is 13.2 Å². The largest absolute Gasteiger partial charge is 0.509 e. The van der Waals surface area contributed by atoms with Crippen LogP contribution < -0.4 is 4.31 Å². The Bertz CT molecular complexity index is 610. The van der Waals surface area contributed by atoms with Gasteiger partial charge in [-0.05, 0) is 42.3 Å². The van der Waals surface area contributed by atoms with Crippen molar-refractivity contribution in [3.8, 4) is 0 Å². The summed E-state index contributed by atoms with van der Waals surface area (Å²) in [6.45, 7) is 7.74. The zero-order chi connectivity index (χ0) is 14.7. The molecule has 1 aliphatic heterocycles. The van der Waals surface area contributed by atoms with Crippen molar-refractivity contribution in [3.63, 3.8) is 0 Å². The summed E-state index contributed by atoms with van der Waals surface area (Å²) in [5.41, 5.74) is 1.08. The molecule has 1 aliphatic rings. The average Bonchev–Trinajstić information content (AvgIpc) is 2.40. The summed E-state index contributed by atoms with van der Waals surface area (Å²) in [6.07, 6.45) is 3.41. The molecule has 1 aromatic rings. The smallest absolute Gasteiger partial charge is 0.166 e. The van der Waals surface area contributed by atoms with E-state index in [0.29, 0.717) is 29.1 Å². The van der Waals surface area contributed by atoms with Crippen LogP contribution in [0.4, 0.5) is 10.1 Å². The summed E-state index contributed by atoms with van der Waals surface area (Å²) in [6, 6.07) is 4.19. The molecular weight excluding hydrogens is 277 g/mol. The molecule has 0 saturated carbocycles. The van der Waals surface area contributed by atoms with Crippen LogP contribution in [0.3, 0.4) is 0 Å². The molecule has 0 bridgehead atoms. The molecule has 0 atom stereocenters. The normalized spacial score (nSPS) is 14.4. The Balaban J connectivity index is 2.19. The lowest BCUT2D eigenvalue weighted by molar-refractivity contribution is 0.0981. The topological polar surface area (TPSA) is 40.5 Å². The minimum absolute atomic E-state index is 0.0527. The van der Waals surface area contributed by atoms with E-state index < -0.39 is 5.82 Å². The highest BCUT2D eigenvalue weighted by molar-refractivity contribution is 8.04. The van der Waals surface area contributed by atoms with Gasteiger partial charge in [-0.25, -0.2) is 4.39 Å². The van der Waals surface area contributed by atoms with Gasteiger partial charge in [0.1, 0.15) is 11.6 Å². The fourth-order valence-corrected chi connectivity index (χ4v) is 2.72. The predicted octanol–water partition coefficient (Wildman–Crippen LogP) is 4.01. The van der Waals surface area contributed by atoms with Crippen molar-refractivity contribution in [2.24, 2.45) is 0 Å². The number of benzene rings is 1. The van der Waals surface area contributed by atoms with Crippen LogP contribution in [-0.4, -0.2) is 17.4 Å². The maximum Gasteiger partial charge on any atom is 0.166 e. The number of fused-ring (bicyclic) bond motifs is 1. The van der Waals surface area contributed by atoms with Crippen molar-refractivity contribution < 1.29 is 14.3 Å². The molecule has 0 aliphatic carbocycles. The zero-order valence-electron chi connectivity index (χ0n) is 10.8. The molecule has 0 fully saturated rings. The van der Waals surface area contributed by atoms with Crippen molar-refractivity contribution in [1.82, 2.24) is 0 Å². The van der Waals surface area contributed by atoms with E-state index in [9.17, 15) is 9.18 Å². The lowest BCUT2D eigenvalue weighted by atomic mass is 10.0. The van der Waals surface area contributed by atoms with Crippen LogP contribution in [-0.2, 0) is 0 Å². The fourth-order valence-electron chi connectivity index (χ4n) is 1.86. The monoisotopic (exact) mass is 291 g/mol. The number of allylic oxidation sites excluding steroid dienone is 2. The molecule has 1 aromatic carbocycles. The molecule has 3 nitrogen and oxygen atoms in total. The molecule has 20 heavy (non-hydrogen) atoms. The van der Waals surface area contributed by atoms with Gasteiger partial charge in [-0.2, -0.15) is 0 Å². The summed E-state index contributed by atoms with van der Waals surface area (Å²) < 4.78 is 15.1. The van der Waals surface area contributed by atoms with Crippen LogP contribution in [0.15, 0.2) is 54.2 Å². The second kappa shape index (κ2) is 5.96. The van der Waals surface area contributed by atoms with Crippen LogP contribution in [0, 0.1) is 5.82 Å². The lowest BCUT2D eigenvalue weighted by Gasteiger charge is -2.29. The summed E-state index contributed by atoms with van der Waals surface area (Å²) in [5.74, 6) is -0.525. The number of carbonyl (C=O) groups is 1. The van der Waals surface area contributed by atoms with Gasteiger partial charge >= 0.3 is 0 Å². The first-order valence-electron chi connectivity index (χ1n) is 6.00. The van der Waals surface area contributed by atoms with Crippen molar-refractivity contribution in [1.29, 1.82) is 0 Å². The highest BCUT2D eigenvalue weighted by Gasteiger charge is 2.24. The van der Waals surface area contributed by atoms with Crippen LogP contribution >= 0.6 is 11.9 Å². The minimum Gasteiger partial charge on any atom is -0.509 e. The zero-order valence-corrected chi connectivity index (χ0v) is 11.6. The number of hydrogen-bond donors (Lipinski definition) is 1. The maximum atomic E-state index is 13.2. The Morgan fingerprint density at radius 3 is 2.85 bits per heavy atom. The van der Waals surface area contributed by atoms with E-state index >= 15 is 0 Å². The summed E-state index contributed by atoms with van der Waals surface area (Å²) in [4.78, 5) is 12.5. The van der Waals surface area contributed by atoms with Crippen molar-refractivity contribution in [2.75, 3.05) is 10.8 Å². The highest BCUT2D eigenvalue weighted by atomic mass is 32.2. The molecule has 0 amide bonds.